The molecule has 18 heavy (non-hydrogen) atoms. The van der Waals surface area contributed by atoms with E-state index in [4.69, 9.17) is 4.42 Å². The summed E-state index contributed by atoms with van der Waals surface area (Å²) in [7, 11) is 0. The summed E-state index contributed by atoms with van der Waals surface area (Å²) in [6.45, 7) is 4.90. The van der Waals surface area contributed by atoms with E-state index < -0.39 is 0 Å². The number of thioether (sulfide) groups is 1. The first-order chi connectivity index (χ1) is 8.78. The second-order valence-corrected chi connectivity index (χ2v) is 4.76. The number of pyridine rings is 1. The van der Waals surface area contributed by atoms with Crippen molar-refractivity contribution in [3.8, 4) is 0 Å². The second-order valence-electron chi connectivity index (χ2n) is 3.84. The van der Waals surface area contributed by atoms with E-state index in [9.17, 15) is 0 Å². The second kappa shape index (κ2) is 6.39. The van der Waals surface area contributed by atoms with Crippen molar-refractivity contribution in [3.63, 3.8) is 0 Å². The van der Waals surface area contributed by atoms with Gasteiger partial charge in [-0.15, -0.1) is 10.2 Å². The third-order valence-electron chi connectivity index (χ3n) is 2.25. The van der Waals surface area contributed by atoms with Gasteiger partial charge in [0.05, 0.1) is 5.69 Å². The van der Waals surface area contributed by atoms with Gasteiger partial charge in [0.2, 0.25) is 5.89 Å². The molecule has 0 spiro atoms. The third-order valence-corrected chi connectivity index (χ3v) is 3.10. The molecule has 0 saturated heterocycles. The quantitative estimate of drug-likeness (QED) is 0.809. The minimum Gasteiger partial charge on any atom is -0.416 e. The molecule has 2 heterocycles. The van der Waals surface area contributed by atoms with Crippen LogP contribution in [0.2, 0.25) is 0 Å². The Morgan fingerprint density at radius 2 is 2.28 bits per heavy atom. The highest BCUT2D eigenvalue weighted by Crippen LogP contribution is 2.21. The normalized spacial score (nSPS) is 10.6. The molecule has 0 aliphatic rings. The van der Waals surface area contributed by atoms with Crippen LogP contribution >= 0.6 is 11.8 Å². The highest BCUT2D eigenvalue weighted by atomic mass is 32.2. The van der Waals surface area contributed by atoms with Crippen molar-refractivity contribution >= 4 is 17.4 Å². The highest BCUT2D eigenvalue weighted by Gasteiger charge is 2.04. The molecule has 96 valence electrons. The number of nitrogens with zero attached hydrogens (tertiary/aromatic N) is 3. The van der Waals surface area contributed by atoms with Gasteiger partial charge in [0.15, 0.2) is 0 Å². The van der Waals surface area contributed by atoms with Gasteiger partial charge in [-0.25, -0.2) is 0 Å². The van der Waals surface area contributed by atoms with Crippen molar-refractivity contribution in [2.45, 2.75) is 31.2 Å². The van der Waals surface area contributed by atoms with E-state index in [2.05, 4.69) is 27.4 Å². The molecule has 0 amide bonds. The summed E-state index contributed by atoms with van der Waals surface area (Å²) >= 11 is 1.50. The molecule has 0 saturated carbocycles. The van der Waals surface area contributed by atoms with Gasteiger partial charge in [-0.3, -0.25) is 4.98 Å². The lowest BCUT2D eigenvalue weighted by Gasteiger charge is -2.05. The van der Waals surface area contributed by atoms with Gasteiger partial charge in [-0.1, -0.05) is 18.7 Å². The van der Waals surface area contributed by atoms with Gasteiger partial charge in [-0.05, 0) is 18.6 Å². The summed E-state index contributed by atoms with van der Waals surface area (Å²) in [5.74, 6) is 1.31. The zero-order valence-corrected chi connectivity index (χ0v) is 11.3. The molecular weight excluding hydrogens is 248 g/mol. The molecule has 2 aromatic rings. The molecule has 1 N–H and O–H groups in total. The van der Waals surface area contributed by atoms with Gasteiger partial charge >= 0.3 is 0 Å². The number of nitrogens with one attached hydrogen (secondary N) is 1. The SMILES string of the molecule is CCCNc1ccnc(CSc2nnc(C)o2)c1. The largest absolute Gasteiger partial charge is 0.416 e. The van der Waals surface area contributed by atoms with Crippen LogP contribution < -0.4 is 5.32 Å². The van der Waals surface area contributed by atoms with Crippen LogP contribution in [0.25, 0.3) is 0 Å². The predicted molar refractivity (Wildman–Crippen MR) is 71.6 cm³/mol. The maximum Gasteiger partial charge on any atom is 0.276 e. The predicted octanol–water partition coefficient (Wildman–Crippen LogP) is 2.89. The average Bonchev–Trinajstić information content (AvgIpc) is 2.80. The lowest BCUT2D eigenvalue weighted by molar-refractivity contribution is 0.429. The molecule has 0 fully saturated rings. The van der Waals surface area contributed by atoms with E-state index in [-0.39, 0.29) is 0 Å². The lowest BCUT2D eigenvalue weighted by atomic mass is 10.3. The van der Waals surface area contributed by atoms with Gasteiger partial charge < -0.3 is 9.73 Å². The van der Waals surface area contributed by atoms with Crippen LogP contribution in [0.5, 0.6) is 0 Å². The Labute approximate surface area is 110 Å². The molecule has 2 aromatic heterocycles. The van der Waals surface area contributed by atoms with E-state index in [1.165, 1.54) is 11.8 Å². The standard InChI is InChI=1S/C12H16N4OS/c1-3-5-13-10-4-6-14-11(7-10)8-18-12-16-15-9(2)17-12/h4,6-7H,3,5,8H2,1-2H3,(H,13,14). The fourth-order valence-corrected chi connectivity index (χ4v) is 2.12. The summed E-state index contributed by atoms with van der Waals surface area (Å²) in [6.07, 6.45) is 2.92. The number of hydrogen-bond acceptors (Lipinski definition) is 6. The lowest BCUT2D eigenvalue weighted by Crippen LogP contribution is -2.00. The molecule has 0 aliphatic carbocycles. The third kappa shape index (κ3) is 3.73. The van der Waals surface area contributed by atoms with Crippen molar-refractivity contribution < 1.29 is 4.42 Å². The molecular formula is C12H16N4OS. The Balaban J connectivity index is 1.92. The molecule has 0 atom stereocenters. The number of rotatable bonds is 6. The maximum absolute atomic E-state index is 5.30. The van der Waals surface area contributed by atoms with Crippen molar-refractivity contribution in [2.24, 2.45) is 0 Å². The molecule has 0 aromatic carbocycles. The van der Waals surface area contributed by atoms with Crippen LogP contribution in [-0.4, -0.2) is 21.7 Å². The van der Waals surface area contributed by atoms with Crippen molar-refractivity contribution in [1.82, 2.24) is 15.2 Å². The maximum atomic E-state index is 5.30. The molecule has 0 radical (unpaired) electrons. The van der Waals surface area contributed by atoms with Crippen molar-refractivity contribution in [2.75, 3.05) is 11.9 Å². The number of hydrogen-bond donors (Lipinski definition) is 1. The molecule has 2 rings (SSSR count). The van der Waals surface area contributed by atoms with E-state index in [0.29, 0.717) is 11.1 Å². The van der Waals surface area contributed by atoms with E-state index in [0.717, 1.165) is 30.1 Å². The Hall–Kier alpha value is -1.56. The summed E-state index contributed by atoms with van der Waals surface area (Å²) in [5.41, 5.74) is 2.10. The summed E-state index contributed by atoms with van der Waals surface area (Å²) in [5, 5.41) is 11.6. The Kier molecular flexibility index (Phi) is 4.58. The minimum atomic E-state index is 0.584. The molecule has 0 aliphatic heterocycles. The smallest absolute Gasteiger partial charge is 0.276 e. The average molecular weight is 264 g/mol. The van der Waals surface area contributed by atoms with Crippen molar-refractivity contribution in [3.05, 3.63) is 29.9 Å². The monoisotopic (exact) mass is 264 g/mol. The van der Waals surface area contributed by atoms with E-state index in [1.807, 2.05) is 18.3 Å². The van der Waals surface area contributed by atoms with Gasteiger partial charge in [0.25, 0.3) is 5.22 Å². The first-order valence-corrected chi connectivity index (χ1v) is 6.88. The van der Waals surface area contributed by atoms with Crippen LogP contribution in [0.1, 0.15) is 24.9 Å². The number of anilines is 1. The Morgan fingerprint density at radius 3 is 3.00 bits per heavy atom. The number of aryl methyl sites for hydroxylation is 1. The summed E-state index contributed by atoms with van der Waals surface area (Å²) in [6, 6.07) is 4.02. The molecule has 0 bridgehead atoms. The highest BCUT2D eigenvalue weighted by molar-refractivity contribution is 7.98. The zero-order valence-electron chi connectivity index (χ0n) is 10.5. The van der Waals surface area contributed by atoms with E-state index >= 15 is 0 Å². The van der Waals surface area contributed by atoms with Crippen LogP contribution in [-0.2, 0) is 5.75 Å². The minimum absolute atomic E-state index is 0.584. The Bertz CT molecular complexity index is 500. The molecule has 5 nitrogen and oxygen atoms in total. The summed E-state index contributed by atoms with van der Waals surface area (Å²) in [4.78, 5) is 4.32. The zero-order chi connectivity index (χ0) is 12.8. The number of aromatic nitrogens is 3. The van der Waals surface area contributed by atoms with Crippen molar-refractivity contribution in [1.29, 1.82) is 0 Å². The first-order valence-electron chi connectivity index (χ1n) is 5.89. The fraction of sp³-hybridized carbons (Fsp3) is 0.417. The van der Waals surface area contributed by atoms with Gasteiger partial charge in [0.1, 0.15) is 0 Å². The van der Waals surface area contributed by atoms with Crippen LogP contribution in [0.15, 0.2) is 28.0 Å². The van der Waals surface area contributed by atoms with Crippen LogP contribution in [0.3, 0.4) is 0 Å². The van der Waals surface area contributed by atoms with Crippen LogP contribution in [0.4, 0.5) is 5.69 Å². The van der Waals surface area contributed by atoms with Gasteiger partial charge in [-0.2, -0.15) is 0 Å². The first kappa shape index (κ1) is 12.9. The summed E-state index contributed by atoms with van der Waals surface area (Å²) < 4.78 is 5.30. The van der Waals surface area contributed by atoms with Gasteiger partial charge in [0, 0.05) is 31.1 Å². The van der Waals surface area contributed by atoms with E-state index in [1.54, 1.807) is 6.92 Å². The fourth-order valence-electron chi connectivity index (χ4n) is 1.41. The molecule has 6 heteroatoms. The van der Waals surface area contributed by atoms with Crippen LogP contribution in [0, 0.1) is 6.92 Å². The Morgan fingerprint density at radius 1 is 1.39 bits per heavy atom. The topological polar surface area (TPSA) is 63.8 Å². The molecule has 0 unspecified atom stereocenters.